The Labute approximate surface area is 124 Å². The zero-order valence-electron chi connectivity index (χ0n) is 12.2. The number of carbonyl (C=O) groups excluding carboxylic acids is 1. The molecule has 1 saturated heterocycles. The Balaban J connectivity index is 2.34. The van der Waals surface area contributed by atoms with E-state index in [4.69, 9.17) is 5.11 Å². The largest absolute Gasteiger partial charge is 0.481 e. The van der Waals surface area contributed by atoms with Crippen molar-refractivity contribution in [1.29, 1.82) is 0 Å². The van der Waals surface area contributed by atoms with Gasteiger partial charge in [0.25, 0.3) is 0 Å². The van der Waals surface area contributed by atoms with Gasteiger partial charge in [-0.3, -0.25) is 9.59 Å². The van der Waals surface area contributed by atoms with Crippen LogP contribution in [0.15, 0.2) is 0 Å². The number of carboxylic acids is 1. The fourth-order valence-corrected chi connectivity index (χ4v) is 3.60. The number of carboxylic acid groups (broad SMARTS) is 1. The molecule has 0 radical (unpaired) electrons. The number of hydrogen-bond acceptors (Lipinski definition) is 6. The Morgan fingerprint density at radius 2 is 1.76 bits per heavy atom. The number of hydrogen-bond donors (Lipinski definition) is 1. The normalized spacial score (nSPS) is 17.6. The van der Waals surface area contributed by atoms with E-state index in [1.54, 1.807) is 0 Å². The SMILES string of the molecule is COC(=O)CCN1CCN(S(=O)(=O)CCCC(=O)O)CC1. The summed E-state index contributed by atoms with van der Waals surface area (Å²) in [6.07, 6.45) is 0.278. The third kappa shape index (κ3) is 6.40. The molecule has 122 valence electrons. The monoisotopic (exact) mass is 322 g/mol. The molecule has 1 fully saturated rings. The van der Waals surface area contributed by atoms with Gasteiger partial charge in [0.05, 0.1) is 19.3 Å². The average Bonchev–Trinajstić information content (AvgIpc) is 2.44. The van der Waals surface area contributed by atoms with Gasteiger partial charge in [0.15, 0.2) is 0 Å². The fourth-order valence-electron chi connectivity index (χ4n) is 2.12. The zero-order valence-corrected chi connectivity index (χ0v) is 13.0. The highest BCUT2D eigenvalue weighted by Gasteiger charge is 2.26. The van der Waals surface area contributed by atoms with Crippen LogP contribution in [0.4, 0.5) is 0 Å². The topological polar surface area (TPSA) is 104 Å². The van der Waals surface area contributed by atoms with Crippen LogP contribution in [0.1, 0.15) is 19.3 Å². The summed E-state index contributed by atoms with van der Waals surface area (Å²) < 4.78 is 30.0. The quantitative estimate of drug-likeness (QED) is 0.593. The van der Waals surface area contributed by atoms with Gasteiger partial charge >= 0.3 is 11.9 Å². The predicted octanol–water partition coefficient (Wildman–Crippen LogP) is -0.638. The van der Waals surface area contributed by atoms with Crippen LogP contribution in [0.25, 0.3) is 0 Å². The van der Waals surface area contributed by atoms with Gasteiger partial charge in [0, 0.05) is 39.1 Å². The van der Waals surface area contributed by atoms with Crippen LogP contribution in [-0.4, -0.2) is 80.3 Å². The van der Waals surface area contributed by atoms with Crippen LogP contribution in [0.3, 0.4) is 0 Å². The predicted molar refractivity (Wildman–Crippen MR) is 75.3 cm³/mol. The lowest BCUT2D eigenvalue weighted by Crippen LogP contribution is -2.49. The molecule has 0 saturated carbocycles. The van der Waals surface area contributed by atoms with Gasteiger partial charge in [0.1, 0.15) is 0 Å². The lowest BCUT2D eigenvalue weighted by Gasteiger charge is -2.33. The summed E-state index contributed by atoms with van der Waals surface area (Å²) >= 11 is 0. The number of methoxy groups -OCH3 is 1. The van der Waals surface area contributed by atoms with Crippen LogP contribution in [0.5, 0.6) is 0 Å². The first-order chi connectivity index (χ1) is 9.85. The van der Waals surface area contributed by atoms with E-state index in [2.05, 4.69) is 4.74 Å². The van der Waals surface area contributed by atoms with Crippen LogP contribution in [-0.2, 0) is 24.3 Å². The Kier molecular flexibility index (Phi) is 7.06. The molecule has 0 aromatic carbocycles. The van der Waals surface area contributed by atoms with Crippen molar-refractivity contribution >= 4 is 22.0 Å². The van der Waals surface area contributed by atoms with Crippen molar-refractivity contribution in [2.24, 2.45) is 0 Å². The molecule has 0 bridgehead atoms. The first-order valence-corrected chi connectivity index (χ1v) is 8.45. The van der Waals surface area contributed by atoms with Crippen LogP contribution < -0.4 is 0 Å². The van der Waals surface area contributed by atoms with Crippen molar-refractivity contribution in [2.45, 2.75) is 19.3 Å². The average molecular weight is 322 g/mol. The van der Waals surface area contributed by atoms with Gasteiger partial charge in [-0.2, -0.15) is 4.31 Å². The Hall–Kier alpha value is -1.19. The molecule has 1 aliphatic rings. The molecular weight excluding hydrogens is 300 g/mol. The second-order valence-corrected chi connectivity index (χ2v) is 6.97. The molecule has 8 nitrogen and oxygen atoms in total. The standard InChI is InChI=1S/C12H22N2O6S/c1-20-12(17)4-5-13-6-8-14(9-7-13)21(18,19)10-2-3-11(15)16/h2-10H2,1H3,(H,15,16). The highest BCUT2D eigenvalue weighted by Crippen LogP contribution is 2.10. The first-order valence-electron chi connectivity index (χ1n) is 6.84. The minimum Gasteiger partial charge on any atom is -0.481 e. The highest BCUT2D eigenvalue weighted by atomic mass is 32.2. The number of carbonyl (C=O) groups is 2. The molecule has 0 aliphatic carbocycles. The molecule has 9 heteroatoms. The second kappa shape index (κ2) is 8.30. The Morgan fingerprint density at radius 3 is 2.29 bits per heavy atom. The minimum atomic E-state index is -3.39. The van der Waals surface area contributed by atoms with Gasteiger partial charge in [-0.1, -0.05) is 0 Å². The van der Waals surface area contributed by atoms with Crippen LogP contribution in [0.2, 0.25) is 0 Å². The van der Waals surface area contributed by atoms with E-state index in [0.717, 1.165) is 0 Å². The number of nitrogens with zero attached hydrogens (tertiary/aromatic N) is 2. The number of rotatable bonds is 8. The lowest BCUT2D eigenvalue weighted by molar-refractivity contribution is -0.141. The van der Waals surface area contributed by atoms with Crippen LogP contribution in [0, 0.1) is 0 Å². The maximum absolute atomic E-state index is 12.0. The molecule has 0 amide bonds. The van der Waals surface area contributed by atoms with E-state index in [-0.39, 0.29) is 24.6 Å². The van der Waals surface area contributed by atoms with Gasteiger partial charge < -0.3 is 14.7 Å². The van der Waals surface area contributed by atoms with E-state index in [9.17, 15) is 18.0 Å². The van der Waals surface area contributed by atoms with E-state index in [1.165, 1.54) is 11.4 Å². The minimum absolute atomic E-state index is 0.125. The summed E-state index contributed by atoms with van der Waals surface area (Å²) in [7, 11) is -2.05. The second-order valence-electron chi connectivity index (χ2n) is 4.88. The molecule has 21 heavy (non-hydrogen) atoms. The fraction of sp³-hybridized carbons (Fsp3) is 0.833. The molecule has 0 unspecified atom stereocenters. The van der Waals surface area contributed by atoms with Crippen LogP contribution >= 0.6 is 0 Å². The van der Waals surface area contributed by atoms with E-state index in [0.29, 0.717) is 39.1 Å². The molecule has 1 N–H and O–H groups in total. The number of piperazine rings is 1. The van der Waals surface area contributed by atoms with E-state index < -0.39 is 16.0 Å². The molecule has 1 heterocycles. The number of esters is 1. The van der Waals surface area contributed by atoms with Crippen molar-refractivity contribution in [3.8, 4) is 0 Å². The summed E-state index contributed by atoms with van der Waals surface area (Å²) in [5, 5.41) is 8.53. The van der Waals surface area contributed by atoms with Gasteiger partial charge in [0.2, 0.25) is 10.0 Å². The molecule has 0 aromatic heterocycles. The van der Waals surface area contributed by atoms with Gasteiger partial charge in [-0.05, 0) is 6.42 Å². The number of ether oxygens (including phenoxy) is 1. The molecular formula is C12H22N2O6S. The van der Waals surface area contributed by atoms with Crippen molar-refractivity contribution < 1.29 is 27.9 Å². The summed E-state index contributed by atoms with van der Waals surface area (Å²) in [5.41, 5.74) is 0. The molecule has 1 rings (SSSR count). The molecule has 0 atom stereocenters. The number of aliphatic carboxylic acids is 1. The maximum atomic E-state index is 12.0. The summed E-state index contributed by atoms with van der Waals surface area (Å²) in [5.74, 6) is -1.40. The third-order valence-electron chi connectivity index (χ3n) is 3.38. The Bertz CT molecular complexity index is 456. The van der Waals surface area contributed by atoms with Crippen molar-refractivity contribution in [2.75, 3.05) is 45.6 Å². The highest BCUT2D eigenvalue weighted by molar-refractivity contribution is 7.89. The van der Waals surface area contributed by atoms with Crippen molar-refractivity contribution in [1.82, 2.24) is 9.21 Å². The molecule has 0 spiro atoms. The van der Waals surface area contributed by atoms with Gasteiger partial charge in [-0.15, -0.1) is 0 Å². The van der Waals surface area contributed by atoms with Crippen molar-refractivity contribution in [3.63, 3.8) is 0 Å². The Morgan fingerprint density at radius 1 is 1.14 bits per heavy atom. The van der Waals surface area contributed by atoms with E-state index in [1.807, 2.05) is 4.90 Å². The van der Waals surface area contributed by atoms with Crippen molar-refractivity contribution in [3.05, 3.63) is 0 Å². The zero-order chi connectivity index (χ0) is 15.9. The van der Waals surface area contributed by atoms with Gasteiger partial charge in [-0.25, -0.2) is 8.42 Å². The summed E-state index contributed by atoms with van der Waals surface area (Å²) in [4.78, 5) is 23.5. The first kappa shape index (κ1) is 17.9. The molecule has 1 aliphatic heterocycles. The van der Waals surface area contributed by atoms with E-state index >= 15 is 0 Å². The smallest absolute Gasteiger partial charge is 0.306 e. The maximum Gasteiger partial charge on any atom is 0.306 e. The number of sulfonamides is 1. The lowest BCUT2D eigenvalue weighted by atomic mass is 10.3. The summed E-state index contributed by atoms with van der Waals surface area (Å²) in [6.45, 7) is 2.43. The molecule has 0 aromatic rings. The summed E-state index contributed by atoms with van der Waals surface area (Å²) in [6, 6.07) is 0. The third-order valence-corrected chi connectivity index (χ3v) is 5.33.